The lowest BCUT2D eigenvalue weighted by Crippen LogP contribution is -2.31. The van der Waals surface area contributed by atoms with E-state index in [0.29, 0.717) is 18.4 Å². The molecule has 1 aromatic rings. The smallest absolute Gasteiger partial charge is 0.410 e. The molecule has 2 unspecified atom stereocenters. The molecule has 0 aromatic heterocycles. The lowest BCUT2D eigenvalue weighted by molar-refractivity contribution is 0.100. The van der Waals surface area contributed by atoms with Crippen LogP contribution in [-0.4, -0.2) is 37.2 Å². The highest BCUT2D eigenvalue weighted by Crippen LogP contribution is 2.48. The normalized spacial score (nSPS) is 36.9. The second kappa shape index (κ2) is 9.12. The summed E-state index contributed by atoms with van der Waals surface area (Å²) in [4.78, 5) is 13.9. The molecule has 2 aliphatic heterocycles. The van der Waals surface area contributed by atoms with E-state index in [9.17, 15) is 10.1 Å². The van der Waals surface area contributed by atoms with Crippen molar-refractivity contribution in [2.75, 3.05) is 26.2 Å². The number of rotatable bonds is 2. The van der Waals surface area contributed by atoms with Crippen molar-refractivity contribution in [2.24, 2.45) is 34.5 Å². The van der Waals surface area contributed by atoms with Crippen molar-refractivity contribution >= 4 is 6.09 Å². The second-order valence-corrected chi connectivity index (χ2v) is 10.8. The summed E-state index contributed by atoms with van der Waals surface area (Å²) in [6, 6.07) is 14.6. The minimum absolute atomic E-state index is 0.00255. The molecule has 0 spiro atoms. The molecule has 2 heterocycles. The molecule has 0 bridgehead atoms. The van der Waals surface area contributed by atoms with Gasteiger partial charge in [0.25, 0.3) is 0 Å². The summed E-state index contributed by atoms with van der Waals surface area (Å²) in [6.07, 6.45) is 3.79. The van der Waals surface area contributed by atoms with E-state index in [2.05, 4.69) is 24.4 Å². The lowest BCUT2D eigenvalue weighted by atomic mass is 9.89. The van der Waals surface area contributed by atoms with Gasteiger partial charge in [-0.25, -0.2) is 4.79 Å². The Morgan fingerprint density at radius 2 is 1.47 bits per heavy atom. The topological polar surface area (TPSA) is 89.2 Å². The standard InChI is InChI=1S/C17H20N2O2.C9H14N2/c1-17(12-18)7-14-9-19(10-15(14)8-17)16(20)21-11-13-5-3-2-4-6-13;1-9(6-10)2-7-4-11-5-8(7)3-9/h2-6,14-15H,7-11H2,1H3;7-8,11H,2-5H2,1H3/t14-,15+,17?;7-,8+,9?. The minimum Gasteiger partial charge on any atom is -0.445 e. The first kappa shape index (κ1) is 22.6. The van der Waals surface area contributed by atoms with Crippen LogP contribution >= 0.6 is 0 Å². The molecule has 5 rings (SSSR count). The van der Waals surface area contributed by atoms with E-state index in [1.807, 2.05) is 37.3 Å². The first-order chi connectivity index (χ1) is 15.3. The van der Waals surface area contributed by atoms with Gasteiger partial charge in [-0.1, -0.05) is 30.3 Å². The van der Waals surface area contributed by atoms with E-state index >= 15 is 0 Å². The zero-order chi connectivity index (χ0) is 22.8. The predicted octanol–water partition coefficient (Wildman–Crippen LogP) is 4.34. The van der Waals surface area contributed by atoms with Crippen LogP contribution in [0.2, 0.25) is 0 Å². The molecule has 1 N–H and O–H groups in total. The summed E-state index contributed by atoms with van der Waals surface area (Å²) in [5.41, 5.74) is 0.801. The van der Waals surface area contributed by atoms with Gasteiger partial charge in [-0.3, -0.25) is 0 Å². The van der Waals surface area contributed by atoms with E-state index < -0.39 is 0 Å². The summed E-state index contributed by atoms with van der Waals surface area (Å²) in [7, 11) is 0. The summed E-state index contributed by atoms with van der Waals surface area (Å²) < 4.78 is 5.38. The van der Waals surface area contributed by atoms with Gasteiger partial charge in [-0.2, -0.15) is 10.5 Å². The number of nitrogens with one attached hydrogen (secondary N) is 1. The van der Waals surface area contributed by atoms with Crippen molar-refractivity contribution in [3.8, 4) is 12.1 Å². The average molecular weight is 435 g/mol. The molecule has 4 fully saturated rings. The Morgan fingerprint density at radius 3 is 1.97 bits per heavy atom. The van der Waals surface area contributed by atoms with Crippen molar-refractivity contribution in [2.45, 2.75) is 46.1 Å². The first-order valence-corrected chi connectivity index (χ1v) is 11.8. The molecule has 6 heteroatoms. The lowest BCUT2D eigenvalue weighted by Gasteiger charge is -2.20. The number of benzene rings is 1. The van der Waals surface area contributed by atoms with Gasteiger partial charge in [-0.05, 0) is 81.9 Å². The summed E-state index contributed by atoms with van der Waals surface area (Å²) in [6.45, 7) is 8.20. The third kappa shape index (κ3) is 4.92. The number of fused-ring (bicyclic) bond motifs is 2. The first-order valence-electron chi connectivity index (χ1n) is 11.8. The van der Waals surface area contributed by atoms with E-state index in [0.717, 1.165) is 69.3 Å². The number of hydrogen-bond donors (Lipinski definition) is 1. The van der Waals surface area contributed by atoms with Crippen molar-refractivity contribution in [1.29, 1.82) is 10.5 Å². The van der Waals surface area contributed by atoms with Gasteiger partial charge in [-0.15, -0.1) is 0 Å². The second-order valence-electron chi connectivity index (χ2n) is 10.8. The Labute approximate surface area is 191 Å². The fourth-order valence-corrected chi connectivity index (χ4v) is 6.29. The van der Waals surface area contributed by atoms with Crippen LogP contribution in [0.3, 0.4) is 0 Å². The SMILES string of the molecule is CC1(C#N)C[C@H]2CN(C(=O)OCc3ccccc3)C[C@H]2C1.CC1(C#N)C[C@H]2CNC[C@H]2C1. The van der Waals surface area contributed by atoms with Gasteiger partial charge in [0.2, 0.25) is 0 Å². The van der Waals surface area contributed by atoms with Gasteiger partial charge in [0, 0.05) is 13.1 Å². The molecule has 170 valence electrons. The van der Waals surface area contributed by atoms with Gasteiger partial charge in [0.1, 0.15) is 6.61 Å². The molecule has 1 amide bonds. The van der Waals surface area contributed by atoms with Crippen LogP contribution in [-0.2, 0) is 11.3 Å². The Bertz CT molecular complexity index is 877. The molecule has 1 aromatic carbocycles. The average Bonchev–Trinajstić information content (AvgIpc) is 3.52. The Morgan fingerprint density at radius 1 is 0.969 bits per heavy atom. The molecule has 2 saturated carbocycles. The van der Waals surface area contributed by atoms with Crippen LogP contribution in [0, 0.1) is 57.2 Å². The van der Waals surface area contributed by atoms with Crippen LogP contribution in [0.15, 0.2) is 30.3 Å². The predicted molar refractivity (Wildman–Crippen MR) is 121 cm³/mol. The molecule has 6 nitrogen and oxygen atoms in total. The zero-order valence-electron chi connectivity index (χ0n) is 19.2. The van der Waals surface area contributed by atoms with Crippen LogP contribution < -0.4 is 5.32 Å². The van der Waals surface area contributed by atoms with Gasteiger partial charge >= 0.3 is 6.09 Å². The molecule has 6 atom stereocenters. The largest absolute Gasteiger partial charge is 0.445 e. The Hall–Kier alpha value is -2.57. The number of nitriles is 2. The molecular formula is C26H34N4O2. The monoisotopic (exact) mass is 434 g/mol. The van der Waals surface area contributed by atoms with Gasteiger partial charge in [0.05, 0.1) is 23.0 Å². The van der Waals surface area contributed by atoms with Gasteiger partial charge < -0.3 is 15.0 Å². The van der Waals surface area contributed by atoms with E-state index in [-0.39, 0.29) is 16.9 Å². The van der Waals surface area contributed by atoms with Crippen molar-refractivity contribution in [3.63, 3.8) is 0 Å². The fourth-order valence-electron chi connectivity index (χ4n) is 6.29. The van der Waals surface area contributed by atoms with Gasteiger partial charge in [0.15, 0.2) is 0 Å². The van der Waals surface area contributed by atoms with Crippen molar-refractivity contribution in [3.05, 3.63) is 35.9 Å². The highest BCUT2D eigenvalue weighted by molar-refractivity contribution is 5.68. The number of carbonyl (C=O) groups is 1. The Balaban J connectivity index is 0.000000186. The number of ether oxygens (including phenoxy) is 1. The zero-order valence-corrected chi connectivity index (χ0v) is 19.2. The number of carbonyl (C=O) groups excluding carboxylic acids is 1. The number of amides is 1. The van der Waals surface area contributed by atoms with E-state index in [1.54, 1.807) is 4.90 Å². The maximum atomic E-state index is 12.1. The minimum atomic E-state index is -0.230. The molecule has 4 aliphatic rings. The third-order valence-corrected chi connectivity index (χ3v) is 7.91. The fraction of sp³-hybridized carbons (Fsp3) is 0.654. The van der Waals surface area contributed by atoms with Crippen molar-refractivity contribution < 1.29 is 9.53 Å². The molecule has 2 aliphatic carbocycles. The summed E-state index contributed by atoms with van der Waals surface area (Å²) in [5, 5.41) is 21.5. The molecular weight excluding hydrogens is 400 g/mol. The molecule has 32 heavy (non-hydrogen) atoms. The highest BCUT2D eigenvalue weighted by atomic mass is 16.6. The third-order valence-electron chi connectivity index (χ3n) is 7.91. The summed E-state index contributed by atoms with van der Waals surface area (Å²) >= 11 is 0. The number of nitrogens with zero attached hydrogens (tertiary/aromatic N) is 3. The van der Waals surface area contributed by atoms with Crippen LogP contribution in [0.5, 0.6) is 0 Å². The van der Waals surface area contributed by atoms with Crippen molar-refractivity contribution in [1.82, 2.24) is 10.2 Å². The number of hydrogen-bond acceptors (Lipinski definition) is 5. The van der Waals surface area contributed by atoms with E-state index in [1.165, 1.54) is 0 Å². The van der Waals surface area contributed by atoms with Crippen LogP contribution in [0.25, 0.3) is 0 Å². The summed E-state index contributed by atoms with van der Waals surface area (Å²) in [5.74, 6) is 2.50. The maximum absolute atomic E-state index is 12.1. The number of likely N-dealkylation sites (tertiary alicyclic amines) is 1. The van der Waals surface area contributed by atoms with Crippen LogP contribution in [0.1, 0.15) is 45.1 Å². The van der Waals surface area contributed by atoms with Crippen LogP contribution in [0.4, 0.5) is 4.79 Å². The quantitative estimate of drug-likeness (QED) is 0.748. The van der Waals surface area contributed by atoms with E-state index in [4.69, 9.17) is 10.00 Å². The highest BCUT2D eigenvalue weighted by Gasteiger charge is 2.48. The Kier molecular flexibility index (Phi) is 6.45. The molecule has 0 radical (unpaired) electrons. The maximum Gasteiger partial charge on any atom is 0.410 e. The molecule has 2 saturated heterocycles.